The van der Waals surface area contributed by atoms with Gasteiger partial charge in [-0.3, -0.25) is 4.79 Å². The van der Waals surface area contributed by atoms with Crippen molar-refractivity contribution in [2.45, 2.75) is 12.5 Å². The molecule has 0 aliphatic heterocycles. The van der Waals surface area contributed by atoms with Crippen LogP contribution in [-0.2, 0) is 6.42 Å². The molecule has 5 nitrogen and oxygen atoms in total. The smallest absolute Gasteiger partial charge is 0.271 e. The van der Waals surface area contributed by atoms with Gasteiger partial charge in [-0.1, -0.05) is 12.1 Å². The molecule has 0 aliphatic rings. The third-order valence-electron chi connectivity index (χ3n) is 3.43. The summed E-state index contributed by atoms with van der Waals surface area (Å²) in [5, 5.41) is 14.5. The van der Waals surface area contributed by atoms with E-state index in [1.807, 2.05) is 0 Å². The van der Waals surface area contributed by atoms with Crippen LogP contribution in [0.15, 0.2) is 52.5 Å². The van der Waals surface area contributed by atoms with E-state index in [2.05, 4.69) is 10.3 Å². The normalized spacial score (nSPS) is 12.1. The van der Waals surface area contributed by atoms with Crippen molar-refractivity contribution in [2.24, 2.45) is 0 Å². The Morgan fingerprint density at radius 3 is 2.79 bits per heavy atom. The maximum atomic E-state index is 12.9. The average Bonchev–Trinajstić information content (AvgIpc) is 3.26. The minimum Gasteiger partial charge on any atom is -0.467 e. The minimum absolute atomic E-state index is 0.272. The van der Waals surface area contributed by atoms with Crippen LogP contribution in [0, 0.1) is 5.82 Å². The summed E-state index contributed by atoms with van der Waals surface area (Å²) in [5.41, 5.74) is 1.20. The Hall–Kier alpha value is -2.51. The number of furan rings is 1. The maximum Gasteiger partial charge on any atom is 0.271 e. The van der Waals surface area contributed by atoms with Gasteiger partial charge in [0.15, 0.2) is 0 Å². The highest BCUT2D eigenvalue weighted by Gasteiger charge is 2.19. The Balaban J connectivity index is 1.66. The van der Waals surface area contributed by atoms with Crippen LogP contribution in [0.3, 0.4) is 0 Å². The van der Waals surface area contributed by atoms with Crippen molar-refractivity contribution in [3.8, 4) is 0 Å². The Labute approximate surface area is 141 Å². The fraction of sp³-hybridized carbons (Fsp3) is 0.176. The average molecular weight is 346 g/mol. The fourth-order valence-electron chi connectivity index (χ4n) is 2.20. The molecule has 1 unspecified atom stereocenters. The lowest BCUT2D eigenvalue weighted by molar-refractivity contribution is 0.0903. The molecule has 0 aliphatic carbocycles. The number of rotatable bonds is 6. The molecule has 3 rings (SSSR count). The number of halogens is 1. The van der Waals surface area contributed by atoms with Crippen LogP contribution in [0.4, 0.5) is 4.39 Å². The van der Waals surface area contributed by atoms with E-state index in [9.17, 15) is 14.3 Å². The number of carbonyl (C=O) groups excluding carboxylic acids is 1. The second-order valence-electron chi connectivity index (χ2n) is 5.15. The molecule has 3 aromatic rings. The summed E-state index contributed by atoms with van der Waals surface area (Å²) in [7, 11) is 0. The molecule has 124 valence electrons. The Morgan fingerprint density at radius 1 is 1.33 bits per heavy atom. The number of aromatic nitrogens is 1. The van der Waals surface area contributed by atoms with E-state index < -0.39 is 6.04 Å². The largest absolute Gasteiger partial charge is 0.467 e. The van der Waals surface area contributed by atoms with Gasteiger partial charge in [0.05, 0.1) is 17.9 Å². The highest BCUT2D eigenvalue weighted by Crippen LogP contribution is 2.17. The number of hydrogen-bond acceptors (Lipinski definition) is 5. The molecular formula is C17H15FN2O3S. The molecule has 24 heavy (non-hydrogen) atoms. The van der Waals surface area contributed by atoms with Gasteiger partial charge in [0.2, 0.25) is 0 Å². The first-order valence-electron chi connectivity index (χ1n) is 7.29. The summed E-state index contributed by atoms with van der Waals surface area (Å²) in [6, 6.07) is 8.92. The number of thiazole rings is 1. The number of benzene rings is 1. The highest BCUT2D eigenvalue weighted by molar-refractivity contribution is 7.09. The van der Waals surface area contributed by atoms with Gasteiger partial charge in [-0.05, 0) is 29.8 Å². The van der Waals surface area contributed by atoms with Gasteiger partial charge in [0, 0.05) is 11.8 Å². The van der Waals surface area contributed by atoms with Crippen LogP contribution < -0.4 is 5.32 Å². The lowest BCUT2D eigenvalue weighted by Gasteiger charge is -2.12. The predicted molar refractivity (Wildman–Crippen MR) is 87.3 cm³/mol. The number of nitrogens with one attached hydrogen (secondary N) is 1. The molecule has 0 bridgehead atoms. The zero-order chi connectivity index (χ0) is 16.9. The van der Waals surface area contributed by atoms with E-state index in [0.717, 1.165) is 10.6 Å². The summed E-state index contributed by atoms with van der Waals surface area (Å²) in [6.07, 6.45) is 2.01. The van der Waals surface area contributed by atoms with Crippen molar-refractivity contribution in [1.29, 1.82) is 0 Å². The molecule has 0 fully saturated rings. The minimum atomic E-state index is -0.616. The topological polar surface area (TPSA) is 75.4 Å². The molecular weight excluding hydrogens is 331 g/mol. The summed E-state index contributed by atoms with van der Waals surface area (Å²) in [5.74, 6) is -0.189. The lowest BCUT2D eigenvalue weighted by Crippen LogP contribution is -2.30. The summed E-state index contributed by atoms with van der Waals surface area (Å²) in [4.78, 5) is 16.5. The van der Waals surface area contributed by atoms with Crippen molar-refractivity contribution in [2.75, 3.05) is 6.61 Å². The maximum absolute atomic E-state index is 12.9. The first-order valence-corrected chi connectivity index (χ1v) is 8.17. The van der Waals surface area contributed by atoms with Gasteiger partial charge >= 0.3 is 0 Å². The SMILES string of the molecule is O=C(NC(CO)c1ccco1)c1csc(Cc2ccc(F)cc2)n1. The monoisotopic (exact) mass is 346 g/mol. The van der Waals surface area contributed by atoms with Crippen molar-refractivity contribution in [3.63, 3.8) is 0 Å². The quantitative estimate of drug-likeness (QED) is 0.720. The van der Waals surface area contributed by atoms with E-state index >= 15 is 0 Å². The molecule has 2 N–H and O–H groups in total. The molecule has 0 spiro atoms. The number of aliphatic hydroxyl groups is 1. The first kappa shape index (κ1) is 16.4. The zero-order valence-corrected chi connectivity index (χ0v) is 13.4. The van der Waals surface area contributed by atoms with E-state index in [-0.39, 0.29) is 24.0 Å². The van der Waals surface area contributed by atoms with Crippen molar-refractivity contribution < 1.29 is 18.7 Å². The molecule has 7 heteroatoms. The number of amides is 1. The fourth-order valence-corrected chi connectivity index (χ4v) is 3.01. The second kappa shape index (κ2) is 7.37. The van der Waals surface area contributed by atoms with Gasteiger partial charge in [-0.15, -0.1) is 11.3 Å². The van der Waals surface area contributed by atoms with Gasteiger partial charge in [0.25, 0.3) is 5.91 Å². The first-order chi connectivity index (χ1) is 11.7. The zero-order valence-electron chi connectivity index (χ0n) is 12.6. The number of hydrogen-bond donors (Lipinski definition) is 2. The van der Waals surface area contributed by atoms with Gasteiger partial charge in [-0.2, -0.15) is 0 Å². The van der Waals surface area contributed by atoms with Crippen molar-refractivity contribution in [3.05, 3.63) is 75.9 Å². The van der Waals surface area contributed by atoms with Crippen LogP contribution in [0.25, 0.3) is 0 Å². The number of carbonyl (C=O) groups is 1. The van der Waals surface area contributed by atoms with E-state index in [1.54, 1.807) is 29.6 Å². The van der Waals surface area contributed by atoms with Crippen LogP contribution >= 0.6 is 11.3 Å². The molecule has 2 aromatic heterocycles. The van der Waals surface area contributed by atoms with E-state index in [4.69, 9.17) is 4.42 Å². The van der Waals surface area contributed by atoms with Gasteiger partial charge in [0.1, 0.15) is 23.3 Å². The van der Waals surface area contributed by atoms with Crippen LogP contribution in [0.1, 0.15) is 32.9 Å². The van der Waals surface area contributed by atoms with Crippen molar-refractivity contribution in [1.82, 2.24) is 10.3 Å². The molecule has 1 amide bonds. The summed E-state index contributed by atoms with van der Waals surface area (Å²) in [6.45, 7) is -0.272. The van der Waals surface area contributed by atoms with E-state index in [0.29, 0.717) is 12.2 Å². The number of nitrogens with zero attached hydrogens (tertiary/aromatic N) is 1. The Kier molecular flexibility index (Phi) is 5.02. The standard InChI is InChI=1S/C17H15FN2O3S/c18-12-5-3-11(4-6-12)8-16-19-14(10-24-16)17(22)20-13(9-21)15-2-1-7-23-15/h1-7,10,13,21H,8-9H2,(H,20,22). The lowest BCUT2D eigenvalue weighted by atomic mass is 10.1. The van der Waals surface area contributed by atoms with Crippen molar-refractivity contribution >= 4 is 17.2 Å². The third-order valence-corrected chi connectivity index (χ3v) is 4.28. The Morgan fingerprint density at radius 2 is 2.12 bits per heavy atom. The Bertz CT molecular complexity index is 800. The van der Waals surface area contributed by atoms with Gasteiger partial charge in [-0.25, -0.2) is 9.37 Å². The molecule has 0 saturated carbocycles. The predicted octanol–water partition coefficient (Wildman–Crippen LogP) is 2.93. The molecule has 2 heterocycles. The molecule has 0 radical (unpaired) electrons. The molecule has 0 saturated heterocycles. The molecule has 1 atom stereocenters. The summed E-state index contributed by atoms with van der Waals surface area (Å²) >= 11 is 1.36. The van der Waals surface area contributed by atoms with Crippen LogP contribution in [0.2, 0.25) is 0 Å². The van der Waals surface area contributed by atoms with Crippen LogP contribution in [-0.4, -0.2) is 22.6 Å². The number of aliphatic hydroxyl groups excluding tert-OH is 1. The van der Waals surface area contributed by atoms with Crippen LogP contribution in [0.5, 0.6) is 0 Å². The summed E-state index contributed by atoms with van der Waals surface area (Å²) < 4.78 is 18.1. The van der Waals surface area contributed by atoms with E-state index in [1.165, 1.54) is 29.7 Å². The van der Waals surface area contributed by atoms with Gasteiger partial charge < -0.3 is 14.8 Å². The highest BCUT2D eigenvalue weighted by atomic mass is 32.1. The third kappa shape index (κ3) is 3.87. The molecule has 1 aromatic carbocycles. The second-order valence-corrected chi connectivity index (χ2v) is 6.10.